The normalized spacial score (nSPS) is 13.5. The number of hydrogen-bond donors (Lipinski definition) is 0. The number of ether oxygens (including phenoxy) is 2. The van der Waals surface area contributed by atoms with Crippen LogP contribution in [0.5, 0.6) is 5.75 Å². The highest BCUT2D eigenvalue weighted by Crippen LogP contribution is 2.23. The van der Waals surface area contributed by atoms with E-state index >= 15 is 0 Å². The van der Waals surface area contributed by atoms with Gasteiger partial charge >= 0.3 is 21.2 Å². The summed E-state index contributed by atoms with van der Waals surface area (Å²) in [4.78, 5) is 23.6. The van der Waals surface area contributed by atoms with E-state index in [4.69, 9.17) is 17.7 Å². The molecule has 162 valence electrons. The minimum absolute atomic E-state index is 0.216. The minimum Gasteiger partial charge on any atom is -0.463 e. The number of esters is 2. The molecule has 0 radical (unpaired) electrons. The molecule has 0 bridgehead atoms. The van der Waals surface area contributed by atoms with Crippen LogP contribution in [0.15, 0.2) is 42.5 Å². The van der Waals surface area contributed by atoms with Crippen LogP contribution in [0.2, 0.25) is 44.8 Å². The molecule has 29 heavy (non-hydrogen) atoms. The molecule has 6 nitrogen and oxygen atoms in total. The first-order valence-electron chi connectivity index (χ1n) is 9.83. The fourth-order valence-corrected chi connectivity index (χ4v) is 10.7. The van der Waals surface area contributed by atoms with Gasteiger partial charge in [-0.1, -0.05) is 25.1 Å². The summed E-state index contributed by atoms with van der Waals surface area (Å²) in [7, 11) is -5.30. The number of benzene rings is 1. The van der Waals surface area contributed by atoms with Crippen molar-refractivity contribution in [2.45, 2.75) is 58.2 Å². The summed E-state index contributed by atoms with van der Waals surface area (Å²) < 4.78 is 23.0. The van der Waals surface area contributed by atoms with E-state index in [0.29, 0.717) is 12.2 Å². The largest absolute Gasteiger partial charge is 0.463 e. The van der Waals surface area contributed by atoms with Crippen molar-refractivity contribution < 1.29 is 27.3 Å². The summed E-state index contributed by atoms with van der Waals surface area (Å²) in [6.45, 7) is 15.3. The van der Waals surface area contributed by atoms with Gasteiger partial charge in [-0.15, -0.1) is 0 Å². The third-order valence-corrected chi connectivity index (χ3v) is 12.3. The van der Waals surface area contributed by atoms with Crippen LogP contribution in [-0.4, -0.2) is 44.5 Å². The molecule has 9 heteroatoms. The van der Waals surface area contributed by atoms with Gasteiger partial charge in [-0.05, 0) is 63.4 Å². The van der Waals surface area contributed by atoms with Gasteiger partial charge in [0.1, 0.15) is 5.75 Å². The smallest absolute Gasteiger partial charge is 0.336 e. The number of carbonyl (C=O) groups excluding carboxylic acids is 2. The van der Waals surface area contributed by atoms with Crippen LogP contribution < -0.4 is 4.74 Å². The van der Waals surface area contributed by atoms with E-state index in [1.807, 2.05) is 6.07 Å². The molecular weight excluding hydrogens is 420 g/mol. The van der Waals surface area contributed by atoms with Gasteiger partial charge in [0.15, 0.2) is 16.6 Å². The highest BCUT2D eigenvalue weighted by atomic mass is 28.4. The maximum atomic E-state index is 11.9. The molecule has 0 saturated heterocycles. The monoisotopic (exact) mass is 454 g/mol. The Bertz CT molecular complexity index is 664. The average Bonchev–Trinajstić information content (AvgIpc) is 2.58. The molecule has 1 aromatic rings. The second-order valence-electron chi connectivity index (χ2n) is 8.83. The zero-order chi connectivity index (χ0) is 22.1. The van der Waals surface area contributed by atoms with Crippen molar-refractivity contribution in [2.75, 3.05) is 6.61 Å². The predicted molar refractivity (Wildman–Crippen MR) is 122 cm³/mol. The zero-order valence-corrected chi connectivity index (χ0v) is 21.7. The lowest BCUT2D eigenvalue weighted by Gasteiger charge is -2.33. The molecule has 0 fully saturated rings. The average molecular weight is 455 g/mol. The van der Waals surface area contributed by atoms with Gasteiger partial charge in [-0.25, -0.2) is 9.59 Å². The molecule has 0 spiro atoms. The minimum atomic E-state index is -1.87. The Hall–Kier alpha value is -1.53. The van der Waals surface area contributed by atoms with Crippen molar-refractivity contribution in [1.82, 2.24) is 0 Å². The molecule has 0 aliphatic heterocycles. The Morgan fingerprint density at radius 3 is 1.97 bits per heavy atom. The summed E-state index contributed by atoms with van der Waals surface area (Å²) in [5, 5.41) is 0. The van der Waals surface area contributed by atoms with Crippen molar-refractivity contribution in [3.05, 3.63) is 42.5 Å². The predicted octanol–water partition coefficient (Wildman–Crippen LogP) is 4.40. The maximum Gasteiger partial charge on any atom is 0.336 e. The molecule has 0 aliphatic carbocycles. The number of rotatable bonds is 11. The summed E-state index contributed by atoms with van der Waals surface area (Å²) in [5.74, 6) is -0.774. The summed E-state index contributed by atoms with van der Waals surface area (Å²) in [6.07, 6.45) is 2.82. The third-order valence-electron chi connectivity index (χ3n) is 3.54. The van der Waals surface area contributed by atoms with Gasteiger partial charge in [-0.3, -0.25) is 0 Å². The lowest BCUT2D eigenvalue weighted by molar-refractivity contribution is -0.138. The van der Waals surface area contributed by atoms with E-state index in [0.717, 1.165) is 12.2 Å². The second kappa shape index (κ2) is 11.6. The fraction of sp³-hybridized carbons (Fsp3) is 0.500. The molecule has 0 heterocycles. The van der Waals surface area contributed by atoms with Crippen molar-refractivity contribution in [2.24, 2.45) is 0 Å². The first-order chi connectivity index (χ1) is 13.4. The van der Waals surface area contributed by atoms with Gasteiger partial charge in [0.25, 0.3) is 0 Å². The second-order valence-corrected chi connectivity index (χ2v) is 21.0. The molecule has 0 saturated carbocycles. The van der Waals surface area contributed by atoms with Crippen LogP contribution in [0, 0.1) is 0 Å². The first kappa shape index (κ1) is 25.5. The van der Waals surface area contributed by atoms with Gasteiger partial charge in [0, 0.05) is 12.2 Å². The highest BCUT2D eigenvalue weighted by molar-refractivity contribution is 6.81. The van der Waals surface area contributed by atoms with Crippen molar-refractivity contribution in [3.8, 4) is 5.75 Å². The Kier molecular flexibility index (Phi) is 10.2. The van der Waals surface area contributed by atoms with E-state index in [1.165, 1.54) is 0 Å². The van der Waals surface area contributed by atoms with Gasteiger partial charge in [0.05, 0.1) is 6.61 Å². The Morgan fingerprint density at radius 2 is 1.45 bits per heavy atom. The van der Waals surface area contributed by atoms with Crippen LogP contribution in [-0.2, 0) is 22.6 Å². The summed E-state index contributed by atoms with van der Waals surface area (Å²) >= 11 is 0. The van der Waals surface area contributed by atoms with Crippen LogP contribution in [0.1, 0.15) is 13.3 Å². The fourth-order valence-electron chi connectivity index (χ4n) is 2.26. The van der Waals surface area contributed by atoms with Crippen LogP contribution in [0.3, 0.4) is 0 Å². The van der Waals surface area contributed by atoms with E-state index in [2.05, 4.69) is 46.2 Å². The topological polar surface area (TPSA) is 71.1 Å². The van der Waals surface area contributed by atoms with Crippen molar-refractivity contribution in [3.63, 3.8) is 0 Å². The van der Waals surface area contributed by atoms with E-state index in [-0.39, 0.29) is 12.1 Å². The van der Waals surface area contributed by atoms with Crippen LogP contribution >= 0.6 is 0 Å². The van der Waals surface area contributed by atoms with Crippen LogP contribution in [0.4, 0.5) is 0 Å². The van der Waals surface area contributed by atoms with E-state index < -0.39 is 37.9 Å². The number of hydrogen-bond acceptors (Lipinski definition) is 6. The molecule has 1 unspecified atom stereocenters. The van der Waals surface area contributed by atoms with Gasteiger partial charge < -0.3 is 17.7 Å². The Labute approximate surface area is 178 Å². The molecule has 0 aromatic heterocycles. The standard InChI is InChI=1S/C20H34O6Si3/c1-17(27(25-28(2,3)4)26-29(5,6)7)15-16-23-19(21)13-14-20(22)24-18-11-9-8-10-12-18/h8-14,17,27H,15-16H2,1-7H3. The Morgan fingerprint density at radius 1 is 0.931 bits per heavy atom. The summed E-state index contributed by atoms with van der Waals surface area (Å²) in [6, 6.07) is 8.67. The molecule has 1 atom stereocenters. The SMILES string of the molecule is CC(CCOC(=O)C=CC(=O)Oc1ccccc1)[SiH](O[Si](C)(C)C)O[Si](C)(C)C. The molecule has 1 aromatic carbocycles. The molecule has 1 rings (SSSR count). The Balaban J connectivity index is 2.46. The van der Waals surface area contributed by atoms with Gasteiger partial charge in [-0.2, -0.15) is 0 Å². The summed E-state index contributed by atoms with van der Waals surface area (Å²) in [5.41, 5.74) is 0.216. The van der Waals surface area contributed by atoms with Gasteiger partial charge in [0.2, 0.25) is 0 Å². The quantitative estimate of drug-likeness (QED) is 0.214. The van der Waals surface area contributed by atoms with Crippen molar-refractivity contribution >= 4 is 37.9 Å². The molecule has 0 amide bonds. The first-order valence-corrected chi connectivity index (χ1v) is 18.3. The number of para-hydroxylation sites is 1. The lowest BCUT2D eigenvalue weighted by Crippen LogP contribution is -2.45. The highest BCUT2D eigenvalue weighted by Gasteiger charge is 2.32. The molecule has 0 N–H and O–H groups in total. The zero-order valence-electron chi connectivity index (χ0n) is 18.6. The van der Waals surface area contributed by atoms with Crippen LogP contribution in [0.25, 0.3) is 0 Å². The lowest BCUT2D eigenvalue weighted by atomic mass is 10.3. The molecular formula is C20H34O6Si3. The van der Waals surface area contributed by atoms with Crippen molar-refractivity contribution in [1.29, 1.82) is 0 Å². The molecule has 0 aliphatic rings. The third kappa shape index (κ3) is 12.6. The maximum absolute atomic E-state index is 11.9. The number of carbonyl (C=O) groups is 2. The van der Waals surface area contributed by atoms with E-state index in [1.54, 1.807) is 24.3 Å². The van der Waals surface area contributed by atoms with E-state index in [9.17, 15) is 9.59 Å².